The van der Waals surface area contributed by atoms with Crippen LogP contribution < -0.4 is 21.7 Å². The number of nitrogens with two attached hydrogens (primary N) is 1. The number of aliphatic carboxylic acids is 1. The van der Waals surface area contributed by atoms with Gasteiger partial charge < -0.3 is 31.8 Å². The predicted molar refractivity (Wildman–Crippen MR) is 127 cm³/mol. The van der Waals surface area contributed by atoms with Crippen molar-refractivity contribution in [1.29, 1.82) is 0 Å². The monoisotopic (exact) mass is 480 g/mol. The van der Waals surface area contributed by atoms with Crippen LogP contribution in [0.1, 0.15) is 60.1 Å². The van der Waals surface area contributed by atoms with Gasteiger partial charge in [-0.3, -0.25) is 14.4 Å². The Bertz CT molecular complexity index is 811. The number of imidazole rings is 1. The smallest absolute Gasteiger partial charge is 0.326 e. The molecular weight excluding hydrogens is 440 g/mol. The summed E-state index contributed by atoms with van der Waals surface area (Å²) in [5.74, 6) is -3.10. The van der Waals surface area contributed by atoms with Crippen LogP contribution in [0.25, 0.3) is 0 Å². The van der Waals surface area contributed by atoms with Crippen LogP contribution in [0.15, 0.2) is 12.5 Å². The number of carbonyl (C=O) groups excluding carboxylic acids is 3. The molecule has 0 saturated carbocycles. The van der Waals surface area contributed by atoms with Gasteiger partial charge in [-0.2, -0.15) is 0 Å². The molecule has 11 heteroatoms. The van der Waals surface area contributed by atoms with Crippen molar-refractivity contribution in [3.05, 3.63) is 18.2 Å². The van der Waals surface area contributed by atoms with Crippen LogP contribution in [0.5, 0.6) is 0 Å². The highest BCUT2D eigenvalue weighted by molar-refractivity contribution is 5.94. The SMILES string of the molecule is CCC(C)C(NC(=O)C(NC(=O)C(N)CC(C)C)C(C)C)C(=O)NC(Cc1cnc[nH]1)C(=O)O. The number of aromatic amines is 1. The summed E-state index contributed by atoms with van der Waals surface area (Å²) in [5, 5.41) is 17.5. The molecule has 5 unspecified atom stereocenters. The van der Waals surface area contributed by atoms with Gasteiger partial charge >= 0.3 is 5.97 Å². The van der Waals surface area contributed by atoms with E-state index in [-0.39, 0.29) is 24.2 Å². The minimum absolute atomic E-state index is 0.0145. The first-order valence-electron chi connectivity index (χ1n) is 11.7. The number of hydrogen-bond donors (Lipinski definition) is 6. The van der Waals surface area contributed by atoms with Crippen LogP contribution in [0.3, 0.4) is 0 Å². The zero-order valence-corrected chi connectivity index (χ0v) is 20.9. The van der Waals surface area contributed by atoms with Crippen molar-refractivity contribution in [2.45, 2.75) is 85.0 Å². The van der Waals surface area contributed by atoms with Gasteiger partial charge in [-0.05, 0) is 24.2 Å². The minimum Gasteiger partial charge on any atom is -0.480 e. The van der Waals surface area contributed by atoms with Crippen LogP contribution in [0, 0.1) is 17.8 Å². The number of nitrogens with zero attached hydrogens (tertiary/aromatic N) is 1. The molecule has 3 amide bonds. The van der Waals surface area contributed by atoms with Crippen LogP contribution in [0.4, 0.5) is 0 Å². The molecule has 0 aliphatic carbocycles. The number of H-pyrrole nitrogens is 1. The predicted octanol–water partition coefficient (Wildman–Crippen LogP) is 0.567. The third-order valence-corrected chi connectivity index (χ3v) is 5.70. The lowest BCUT2D eigenvalue weighted by Gasteiger charge is -2.29. The number of hydrogen-bond acceptors (Lipinski definition) is 6. The van der Waals surface area contributed by atoms with E-state index in [1.54, 1.807) is 20.8 Å². The molecule has 192 valence electrons. The second kappa shape index (κ2) is 13.7. The quantitative estimate of drug-likeness (QED) is 0.225. The molecule has 0 aliphatic rings. The summed E-state index contributed by atoms with van der Waals surface area (Å²) in [5.41, 5.74) is 6.51. The Morgan fingerprint density at radius 3 is 2.06 bits per heavy atom. The lowest BCUT2D eigenvalue weighted by molar-refractivity contribution is -0.142. The normalized spacial score (nSPS) is 15.8. The van der Waals surface area contributed by atoms with E-state index in [0.717, 1.165) is 0 Å². The summed E-state index contributed by atoms with van der Waals surface area (Å²) < 4.78 is 0. The fourth-order valence-electron chi connectivity index (χ4n) is 3.43. The molecule has 34 heavy (non-hydrogen) atoms. The Kier molecular flexibility index (Phi) is 11.7. The summed E-state index contributed by atoms with van der Waals surface area (Å²) in [6, 6.07) is -3.83. The first-order valence-corrected chi connectivity index (χ1v) is 11.7. The molecule has 0 saturated heterocycles. The maximum Gasteiger partial charge on any atom is 0.326 e. The van der Waals surface area contributed by atoms with Gasteiger partial charge in [0.25, 0.3) is 0 Å². The van der Waals surface area contributed by atoms with Gasteiger partial charge in [0, 0.05) is 18.3 Å². The van der Waals surface area contributed by atoms with Crippen molar-refractivity contribution < 1.29 is 24.3 Å². The van der Waals surface area contributed by atoms with Crippen molar-refractivity contribution >= 4 is 23.7 Å². The number of amides is 3. The van der Waals surface area contributed by atoms with Crippen molar-refractivity contribution in [2.24, 2.45) is 23.5 Å². The van der Waals surface area contributed by atoms with E-state index in [2.05, 4.69) is 25.9 Å². The van der Waals surface area contributed by atoms with E-state index in [1.807, 2.05) is 20.8 Å². The Morgan fingerprint density at radius 2 is 1.59 bits per heavy atom. The number of nitrogens with one attached hydrogen (secondary N) is 4. The van der Waals surface area contributed by atoms with Gasteiger partial charge in [0.1, 0.15) is 18.1 Å². The van der Waals surface area contributed by atoms with Crippen LogP contribution in [0.2, 0.25) is 0 Å². The molecule has 0 spiro atoms. The van der Waals surface area contributed by atoms with E-state index in [9.17, 15) is 24.3 Å². The molecule has 11 nitrogen and oxygen atoms in total. The van der Waals surface area contributed by atoms with Gasteiger partial charge in [0.2, 0.25) is 17.7 Å². The minimum atomic E-state index is -1.20. The average molecular weight is 481 g/mol. The standard InChI is InChI=1S/C23H40N6O5/c1-7-14(6)19(22(32)27-17(23(33)34)9-15-10-25-11-26-15)29-21(31)18(13(4)5)28-20(30)16(24)8-12(2)3/h10-14,16-19H,7-9,24H2,1-6H3,(H,25,26)(H,27,32)(H,28,30)(H,29,31)(H,33,34). The molecule has 7 N–H and O–H groups in total. The zero-order chi connectivity index (χ0) is 26.0. The molecule has 1 aromatic rings. The van der Waals surface area contributed by atoms with Crippen molar-refractivity contribution in [3.63, 3.8) is 0 Å². The molecule has 5 atom stereocenters. The zero-order valence-electron chi connectivity index (χ0n) is 20.9. The van der Waals surface area contributed by atoms with Crippen LogP contribution in [-0.4, -0.2) is 62.9 Å². The molecule has 1 rings (SSSR count). The molecule has 0 fully saturated rings. The highest BCUT2D eigenvalue weighted by atomic mass is 16.4. The van der Waals surface area contributed by atoms with E-state index in [4.69, 9.17) is 5.73 Å². The Labute approximate surface area is 201 Å². The number of carboxylic acids is 1. The summed E-state index contributed by atoms with van der Waals surface area (Å²) in [4.78, 5) is 57.0. The van der Waals surface area contributed by atoms with E-state index < -0.39 is 47.9 Å². The van der Waals surface area contributed by atoms with Gasteiger partial charge in [0.05, 0.1) is 12.4 Å². The second-order valence-corrected chi connectivity index (χ2v) is 9.52. The number of carbonyl (C=O) groups is 4. The number of rotatable bonds is 14. The second-order valence-electron chi connectivity index (χ2n) is 9.52. The van der Waals surface area contributed by atoms with Gasteiger partial charge in [-0.1, -0.05) is 48.0 Å². The molecule has 1 heterocycles. The maximum absolute atomic E-state index is 13.1. The van der Waals surface area contributed by atoms with E-state index in [1.165, 1.54) is 12.5 Å². The average Bonchev–Trinajstić information content (AvgIpc) is 3.26. The first kappa shape index (κ1) is 29.1. The largest absolute Gasteiger partial charge is 0.480 e. The Hall–Kier alpha value is -2.95. The fraction of sp³-hybridized carbons (Fsp3) is 0.696. The number of carboxylic acid groups (broad SMARTS) is 1. The van der Waals surface area contributed by atoms with E-state index in [0.29, 0.717) is 18.5 Å². The first-order chi connectivity index (χ1) is 15.9. The molecule has 0 radical (unpaired) electrons. The highest BCUT2D eigenvalue weighted by Gasteiger charge is 2.34. The number of aromatic nitrogens is 2. The van der Waals surface area contributed by atoms with Crippen LogP contribution in [-0.2, 0) is 25.6 Å². The van der Waals surface area contributed by atoms with Crippen LogP contribution >= 0.6 is 0 Å². The highest BCUT2D eigenvalue weighted by Crippen LogP contribution is 2.12. The Morgan fingerprint density at radius 1 is 1.00 bits per heavy atom. The summed E-state index contributed by atoms with van der Waals surface area (Å²) in [6.45, 7) is 11.1. The lowest BCUT2D eigenvalue weighted by Crippen LogP contribution is -2.60. The third kappa shape index (κ3) is 9.12. The third-order valence-electron chi connectivity index (χ3n) is 5.70. The van der Waals surface area contributed by atoms with Gasteiger partial charge in [-0.15, -0.1) is 0 Å². The summed E-state index contributed by atoms with van der Waals surface area (Å²) in [7, 11) is 0. The molecule has 0 bridgehead atoms. The topological polar surface area (TPSA) is 179 Å². The summed E-state index contributed by atoms with van der Waals surface area (Å²) >= 11 is 0. The van der Waals surface area contributed by atoms with Crippen molar-refractivity contribution in [2.75, 3.05) is 0 Å². The molecular formula is C23H40N6O5. The van der Waals surface area contributed by atoms with Gasteiger partial charge in [-0.25, -0.2) is 9.78 Å². The van der Waals surface area contributed by atoms with Gasteiger partial charge in [0.15, 0.2) is 0 Å². The van der Waals surface area contributed by atoms with Crippen molar-refractivity contribution in [3.8, 4) is 0 Å². The molecule has 0 aromatic carbocycles. The molecule has 0 aliphatic heterocycles. The Balaban J connectivity index is 2.96. The van der Waals surface area contributed by atoms with Crippen molar-refractivity contribution in [1.82, 2.24) is 25.9 Å². The summed E-state index contributed by atoms with van der Waals surface area (Å²) in [6.07, 6.45) is 3.96. The maximum atomic E-state index is 13.1. The lowest BCUT2D eigenvalue weighted by atomic mass is 9.95. The fourth-order valence-corrected chi connectivity index (χ4v) is 3.43. The van der Waals surface area contributed by atoms with E-state index >= 15 is 0 Å². The molecule has 1 aromatic heterocycles.